The zero-order valence-corrected chi connectivity index (χ0v) is 10.8. The Labute approximate surface area is 110 Å². The van der Waals surface area contributed by atoms with E-state index in [1.54, 1.807) is 0 Å². The normalized spacial score (nSPS) is 15.6. The Morgan fingerprint density at radius 1 is 1.37 bits per heavy atom. The molecule has 1 aromatic rings. The van der Waals surface area contributed by atoms with Crippen molar-refractivity contribution in [2.24, 2.45) is 5.92 Å². The minimum atomic E-state index is -3.42. The third-order valence-corrected chi connectivity index (χ3v) is 4.93. The van der Waals surface area contributed by atoms with Crippen LogP contribution in [0, 0.1) is 17.2 Å². The van der Waals surface area contributed by atoms with Crippen LogP contribution >= 0.6 is 0 Å². The summed E-state index contributed by atoms with van der Waals surface area (Å²) in [5.41, 5.74) is 0.402. The number of hydrogen-bond acceptors (Lipinski definition) is 4. The SMILES string of the molecule is N#Cc1ccc(S(=O)(=O)CC2CN(C(=O)O)C2)cc1. The summed E-state index contributed by atoms with van der Waals surface area (Å²) in [5.74, 6) is -0.223. The van der Waals surface area contributed by atoms with Gasteiger partial charge in [0.05, 0.1) is 22.3 Å². The molecule has 1 saturated heterocycles. The largest absolute Gasteiger partial charge is 0.465 e. The first kappa shape index (κ1) is 13.4. The van der Waals surface area contributed by atoms with Crippen molar-refractivity contribution < 1.29 is 18.3 Å². The highest BCUT2D eigenvalue weighted by molar-refractivity contribution is 7.91. The molecule has 2 rings (SSSR count). The van der Waals surface area contributed by atoms with Gasteiger partial charge in [-0.15, -0.1) is 0 Å². The van der Waals surface area contributed by atoms with Gasteiger partial charge in [-0.2, -0.15) is 5.26 Å². The molecule has 1 aliphatic heterocycles. The summed E-state index contributed by atoms with van der Waals surface area (Å²) in [4.78, 5) is 11.9. The molecule has 7 heteroatoms. The first-order valence-electron chi connectivity index (χ1n) is 5.63. The highest BCUT2D eigenvalue weighted by atomic mass is 32.2. The van der Waals surface area contributed by atoms with E-state index in [1.807, 2.05) is 6.07 Å². The van der Waals surface area contributed by atoms with Gasteiger partial charge in [0.15, 0.2) is 9.84 Å². The Hall–Kier alpha value is -2.07. The number of sulfone groups is 1. The summed E-state index contributed by atoms with van der Waals surface area (Å²) in [6.45, 7) is 0.510. The fourth-order valence-electron chi connectivity index (χ4n) is 1.97. The maximum absolute atomic E-state index is 12.1. The maximum Gasteiger partial charge on any atom is 0.407 e. The minimum Gasteiger partial charge on any atom is -0.465 e. The minimum absolute atomic E-state index is 0.0668. The van der Waals surface area contributed by atoms with E-state index in [0.29, 0.717) is 5.56 Å². The van der Waals surface area contributed by atoms with Gasteiger partial charge < -0.3 is 10.0 Å². The quantitative estimate of drug-likeness (QED) is 0.888. The first-order valence-corrected chi connectivity index (χ1v) is 7.28. The molecule has 0 saturated carbocycles. The van der Waals surface area contributed by atoms with Crippen molar-refractivity contribution >= 4 is 15.9 Å². The van der Waals surface area contributed by atoms with Crippen LogP contribution in [0.2, 0.25) is 0 Å². The lowest BCUT2D eigenvalue weighted by atomic mass is 10.0. The van der Waals surface area contributed by atoms with Gasteiger partial charge in [-0.05, 0) is 24.3 Å². The van der Waals surface area contributed by atoms with Crippen LogP contribution in [0.4, 0.5) is 4.79 Å². The lowest BCUT2D eigenvalue weighted by Crippen LogP contribution is -2.51. The van der Waals surface area contributed by atoms with Gasteiger partial charge in [0, 0.05) is 19.0 Å². The van der Waals surface area contributed by atoms with Crippen LogP contribution in [-0.2, 0) is 9.84 Å². The van der Waals surface area contributed by atoms with Crippen LogP contribution in [0.5, 0.6) is 0 Å². The molecule has 0 spiro atoms. The van der Waals surface area contributed by atoms with E-state index >= 15 is 0 Å². The van der Waals surface area contributed by atoms with Crippen LogP contribution in [0.1, 0.15) is 5.56 Å². The molecule has 1 fully saturated rings. The second-order valence-electron chi connectivity index (χ2n) is 4.47. The third kappa shape index (κ3) is 2.85. The Kier molecular flexibility index (Phi) is 3.44. The van der Waals surface area contributed by atoms with Crippen molar-refractivity contribution in [1.29, 1.82) is 5.26 Å². The number of likely N-dealkylation sites (tertiary alicyclic amines) is 1. The van der Waals surface area contributed by atoms with Crippen molar-refractivity contribution in [1.82, 2.24) is 4.90 Å². The molecule has 1 heterocycles. The lowest BCUT2D eigenvalue weighted by Gasteiger charge is -2.36. The summed E-state index contributed by atoms with van der Waals surface area (Å²) >= 11 is 0. The van der Waals surface area contributed by atoms with Crippen molar-refractivity contribution in [2.75, 3.05) is 18.8 Å². The summed E-state index contributed by atoms with van der Waals surface area (Å²) in [6.07, 6.45) is -1.02. The predicted molar refractivity (Wildman–Crippen MR) is 66.3 cm³/mol. The van der Waals surface area contributed by atoms with Crippen molar-refractivity contribution in [3.05, 3.63) is 29.8 Å². The molecule has 0 aromatic heterocycles. The lowest BCUT2D eigenvalue weighted by molar-refractivity contribution is 0.0894. The zero-order valence-electron chi connectivity index (χ0n) is 9.98. The fourth-order valence-corrected chi connectivity index (χ4v) is 3.55. The number of hydrogen-bond donors (Lipinski definition) is 1. The topological polar surface area (TPSA) is 98.5 Å². The molecule has 0 unspecified atom stereocenters. The van der Waals surface area contributed by atoms with Crippen molar-refractivity contribution in [2.45, 2.75) is 4.90 Å². The molecule has 1 aromatic carbocycles. The van der Waals surface area contributed by atoms with Gasteiger partial charge in [0.2, 0.25) is 0 Å². The monoisotopic (exact) mass is 280 g/mol. The fraction of sp³-hybridized carbons (Fsp3) is 0.333. The molecule has 19 heavy (non-hydrogen) atoms. The highest BCUT2D eigenvalue weighted by Gasteiger charge is 2.34. The number of benzene rings is 1. The van der Waals surface area contributed by atoms with E-state index in [4.69, 9.17) is 10.4 Å². The smallest absolute Gasteiger partial charge is 0.407 e. The standard InChI is InChI=1S/C12H12N2O4S/c13-5-9-1-3-11(4-2-9)19(17,18)8-10-6-14(7-10)12(15)16/h1-4,10H,6-8H2,(H,15,16). The van der Waals surface area contributed by atoms with E-state index in [9.17, 15) is 13.2 Å². The van der Waals surface area contributed by atoms with Crippen LogP contribution in [-0.4, -0.2) is 43.4 Å². The average Bonchev–Trinajstić information content (AvgIpc) is 2.33. The van der Waals surface area contributed by atoms with E-state index in [-0.39, 0.29) is 29.7 Å². The molecular weight excluding hydrogens is 268 g/mol. The van der Waals surface area contributed by atoms with Crippen molar-refractivity contribution in [3.63, 3.8) is 0 Å². The molecule has 0 bridgehead atoms. The van der Waals surface area contributed by atoms with Gasteiger partial charge in [-0.1, -0.05) is 0 Å². The number of carboxylic acid groups (broad SMARTS) is 1. The molecule has 1 N–H and O–H groups in total. The van der Waals surface area contributed by atoms with E-state index < -0.39 is 15.9 Å². The maximum atomic E-state index is 12.1. The van der Waals surface area contributed by atoms with Crippen LogP contribution in [0.3, 0.4) is 0 Å². The Morgan fingerprint density at radius 2 is 1.95 bits per heavy atom. The second kappa shape index (κ2) is 4.90. The van der Waals surface area contributed by atoms with Crippen LogP contribution < -0.4 is 0 Å². The molecule has 6 nitrogen and oxygen atoms in total. The molecule has 0 atom stereocenters. The summed E-state index contributed by atoms with van der Waals surface area (Å²) in [5, 5.41) is 17.3. The number of amides is 1. The zero-order chi connectivity index (χ0) is 14.0. The van der Waals surface area contributed by atoms with E-state index in [0.717, 1.165) is 0 Å². The van der Waals surface area contributed by atoms with Gasteiger partial charge in [0.25, 0.3) is 0 Å². The Bertz CT molecular complexity index is 625. The van der Waals surface area contributed by atoms with Gasteiger partial charge in [-0.25, -0.2) is 13.2 Å². The number of carbonyl (C=O) groups is 1. The molecule has 1 aliphatic rings. The molecular formula is C12H12N2O4S. The molecule has 100 valence electrons. The second-order valence-corrected chi connectivity index (χ2v) is 6.51. The van der Waals surface area contributed by atoms with E-state index in [1.165, 1.54) is 29.2 Å². The Morgan fingerprint density at radius 3 is 2.42 bits per heavy atom. The molecule has 1 amide bonds. The van der Waals surface area contributed by atoms with Crippen LogP contribution in [0.15, 0.2) is 29.2 Å². The van der Waals surface area contributed by atoms with Gasteiger partial charge >= 0.3 is 6.09 Å². The predicted octanol–water partition coefficient (Wildman–Crippen LogP) is 0.942. The summed E-state index contributed by atoms with van der Waals surface area (Å²) < 4.78 is 24.1. The van der Waals surface area contributed by atoms with E-state index in [2.05, 4.69) is 0 Å². The Balaban J connectivity index is 2.03. The van der Waals surface area contributed by atoms with Gasteiger partial charge in [-0.3, -0.25) is 0 Å². The summed E-state index contributed by atoms with van der Waals surface area (Å²) in [7, 11) is -3.42. The summed E-state index contributed by atoms with van der Waals surface area (Å²) in [6, 6.07) is 7.64. The van der Waals surface area contributed by atoms with Gasteiger partial charge in [0.1, 0.15) is 0 Å². The number of nitriles is 1. The molecule has 0 radical (unpaired) electrons. The average molecular weight is 280 g/mol. The highest BCUT2D eigenvalue weighted by Crippen LogP contribution is 2.21. The van der Waals surface area contributed by atoms with Crippen molar-refractivity contribution in [3.8, 4) is 6.07 Å². The number of rotatable bonds is 3. The first-order chi connectivity index (χ1) is 8.92. The third-order valence-electron chi connectivity index (χ3n) is 3.03. The molecule has 0 aliphatic carbocycles. The number of nitrogens with zero attached hydrogens (tertiary/aromatic N) is 2. The van der Waals surface area contributed by atoms with Crippen LogP contribution in [0.25, 0.3) is 0 Å².